The van der Waals surface area contributed by atoms with E-state index in [2.05, 4.69) is 6.92 Å². The molecule has 0 aromatic carbocycles. The molecule has 0 aliphatic carbocycles. The normalized spacial score (nSPS) is 10.9. The molecule has 0 fully saturated rings. The topological polar surface area (TPSA) is 35.5 Å². The molecule has 0 rings (SSSR count). The molecule has 0 saturated heterocycles. The number of ether oxygens (including phenoxy) is 2. The zero-order valence-corrected chi connectivity index (χ0v) is 16.5. The van der Waals surface area contributed by atoms with E-state index in [1.807, 2.05) is 6.92 Å². The molecule has 0 spiro atoms. The Morgan fingerprint density at radius 3 is 1.58 bits per heavy atom. The van der Waals surface area contributed by atoms with Crippen molar-refractivity contribution in [2.24, 2.45) is 0 Å². The molecule has 0 unspecified atom stereocenters. The predicted molar refractivity (Wildman–Crippen MR) is 102 cm³/mol. The number of esters is 1. The summed E-state index contributed by atoms with van der Waals surface area (Å²) in [5.74, 6) is -0.109. The molecule has 0 aromatic heterocycles. The molecule has 0 aromatic rings. The molecular weight excluding hydrogens is 300 g/mol. The first-order valence-corrected chi connectivity index (χ1v) is 10.5. The average molecular weight is 343 g/mol. The number of hydrogen-bond acceptors (Lipinski definition) is 3. The lowest BCUT2D eigenvalue weighted by atomic mass is 10.0. The van der Waals surface area contributed by atoms with Gasteiger partial charge in [0, 0.05) is 13.0 Å². The standard InChI is InChI=1S/C21H42O3/c1-3-5-6-7-8-9-10-11-12-13-14-15-16-18-23-19-20-24-21(22)17-4-2/h3-20H2,1-2H3. The zero-order chi connectivity index (χ0) is 17.7. The molecule has 0 aliphatic rings. The van der Waals surface area contributed by atoms with Crippen LogP contribution in [0.25, 0.3) is 0 Å². The van der Waals surface area contributed by atoms with Crippen molar-refractivity contribution in [1.29, 1.82) is 0 Å². The molecule has 144 valence electrons. The minimum absolute atomic E-state index is 0.109. The van der Waals surface area contributed by atoms with Gasteiger partial charge in [-0.15, -0.1) is 0 Å². The summed E-state index contributed by atoms with van der Waals surface area (Å²) < 4.78 is 10.5. The quantitative estimate of drug-likeness (QED) is 0.200. The molecule has 0 amide bonds. The van der Waals surface area contributed by atoms with E-state index in [4.69, 9.17) is 9.47 Å². The predicted octanol–water partition coefficient (Wildman–Crippen LogP) is 6.44. The molecule has 24 heavy (non-hydrogen) atoms. The zero-order valence-electron chi connectivity index (χ0n) is 16.5. The fraction of sp³-hybridized carbons (Fsp3) is 0.952. The van der Waals surface area contributed by atoms with Crippen molar-refractivity contribution in [2.45, 2.75) is 110 Å². The summed E-state index contributed by atoms with van der Waals surface area (Å²) in [5, 5.41) is 0. The highest BCUT2D eigenvalue weighted by Crippen LogP contribution is 2.12. The van der Waals surface area contributed by atoms with Crippen LogP contribution >= 0.6 is 0 Å². The summed E-state index contributed by atoms with van der Waals surface area (Å²) in [6.07, 6.45) is 19.1. The Bertz CT molecular complexity index is 253. The number of carbonyl (C=O) groups is 1. The Labute approximate surface area is 150 Å². The Morgan fingerprint density at radius 2 is 1.08 bits per heavy atom. The van der Waals surface area contributed by atoms with E-state index in [0.717, 1.165) is 19.4 Å². The van der Waals surface area contributed by atoms with Crippen LogP contribution in [0.3, 0.4) is 0 Å². The van der Waals surface area contributed by atoms with Gasteiger partial charge in [-0.2, -0.15) is 0 Å². The van der Waals surface area contributed by atoms with Crippen LogP contribution in [-0.4, -0.2) is 25.8 Å². The SMILES string of the molecule is CCCCCCCCCCCCCCCOCCOC(=O)CCC. The number of unbranched alkanes of at least 4 members (excludes halogenated alkanes) is 12. The Hall–Kier alpha value is -0.570. The third-order valence-corrected chi connectivity index (χ3v) is 4.34. The van der Waals surface area contributed by atoms with Crippen molar-refractivity contribution < 1.29 is 14.3 Å². The van der Waals surface area contributed by atoms with Gasteiger partial charge in [0.15, 0.2) is 0 Å². The van der Waals surface area contributed by atoms with Crippen molar-refractivity contribution >= 4 is 5.97 Å². The molecule has 0 heterocycles. The molecule has 0 radical (unpaired) electrons. The maximum Gasteiger partial charge on any atom is 0.305 e. The van der Waals surface area contributed by atoms with Gasteiger partial charge in [0.2, 0.25) is 0 Å². The van der Waals surface area contributed by atoms with E-state index >= 15 is 0 Å². The molecule has 0 saturated carbocycles. The first-order chi connectivity index (χ1) is 11.8. The molecular formula is C21H42O3. The Balaban J connectivity index is 3.01. The second kappa shape index (κ2) is 20.5. The fourth-order valence-electron chi connectivity index (χ4n) is 2.81. The molecule has 0 N–H and O–H groups in total. The van der Waals surface area contributed by atoms with E-state index in [1.165, 1.54) is 77.0 Å². The molecule has 0 atom stereocenters. The van der Waals surface area contributed by atoms with Crippen LogP contribution < -0.4 is 0 Å². The molecule has 0 aliphatic heterocycles. The summed E-state index contributed by atoms with van der Waals surface area (Å²) in [4.78, 5) is 11.1. The second-order valence-corrected chi connectivity index (χ2v) is 6.83. The van der Waals surface area contributed by atoms with Crippen molar-refractivity contribution in [3.8, 4) is 0 Å². The van der Waals surface area contributed by atoms with Crippen molar-refractivity contribution in [3.63, 3.8) is 0 Å². The average Bonchev–Trinajstić information content (AvgIpc) is 2.58. The smallest absolute Gasteiger partial charge is 0.305 e. The van der Waals surface area contributed by atoms with E-state index in [1.54, 1.807) is 0 Å². The van der Waals surface area contributed by atoms with Crippen LogP contribution in [-0.2, 0) is 14.3 Å². The van der Waals surface area contributed by atoms with Gasteiger partial charge < -0.3 is 9.47 Å². The van der Waals surface area contributed by atoms with Crippen molar-refractivity contribution in [2.75, 3.05) is 19.8 Å². The van der Waals surface area contributed by atoms with Crippen LogP contribution in [0.4, 0.5) is 0 Å². The maximum atomic E-state index is 11.1. The van der Waals surface area contributed by atoms with Crippen LogP contribution in [0.15, 0.2) is 0 Å². The van der Waals surface area contributed by atoms with Crippen molar-refractivity contribution in [1.82, 2.24) is 0 Å². The van der Waals surface area contributed by atoms with E-state index < -0.39 is 0 Å². The minimum Gasteiger partial charge on any atom is -0.463 e. The van der Waals surface area contributed by atoms with Crippen LogP contribution in [0.1, 0.15) is 110 Å². The monoisotopic (exact) mass is 342 g/mol. The lowest BCUT2D eigenvalue weighted by molar-refractivity contribution is -0.145. The van der Waals surface area contributed by atoms with Crippen LogP contribution in [0.2, 0.25) is 0 Å². The summed E-state index contributed by atoms with van der Waals surface area (Å²) in [7, 11) is 0. The van der Waals surface area contributed by atoms with Gasteiger partial charge in [0.25, 0.3) is 0 Å². The Kier molecular flexibility index (Phi) is 20.0. The fourth-order valence-corrected chi connectivity index (χ4v) is 2.81. The summed E-state index contributed by atoms with van der Waals surface area (Å²) in [5.41, 5.74) is 0. The highest BCUT2D eigenvalue weighted by molar-refractivity contribution is 5.69. The van der Waals surface area contributed by atoms with Gasteiger partial charge in [0.05, 0.1) is 6.61 Å². The largest absolute Gasteiger partial charge is 0.463 e. The van der Waals surface area contributed by atoms with Gasteiger partial charge in [-0.05, 0) is 12.8 Å². The van der Waals surface area contributed by atoms with Gasteiger partial charge >= 0.3 is 5.97 Å². The first-order valence-electron chi connectivity index (χ1n) is 10.5. The number of rotatable bonds is 19. The number of hydrogen-bond donors (Lipinski definition) is 0. The minimum atomic E-state index is -0.109. The van der Waals surface area contributed by atoms with Gasteiger partial charge in [0.1, 0.15) is 6.61 Å². The summed E-state index contributed by atoms with van der Waals surface area (Å²) in [6, 6.07) is 0. The molecule has 0 bridgehead atoms. The second-order valence-electron chi connectivity index (χ2n) is 6.83. The van der Waals surface area contributed by atoms with Gasteiger partial charge in [-0.1, -0.05) is 90.9 Å². The van der Waals surface area contributed by atoms with E-state index in [9.17, 15) is 4.79 Å². The first kappa shape index (κ1) is 23.4. The highest BCUT2D eigenvalue weighted by atomic mass is 16.6. The Morgan fingerprint density at radius 1 is 0.583 bits per heavy atom. The lowest BCUT2D eigenvalue weighted by Gasteiger charge is -2.06. The number of carbonyl (C=O) groups excluding carboxylic acids is 1. The van der Waals surface area contributed by atoms with E-state index in [0.29, 0.717) is 19.6 Å². The third kappa shape index (κ3) is 19.5. The molecule has 3 nitrogen and oxygen atoms in total. The maximum absolute atomic E-state index is 11.1. The third-order valence-electron chi connectivity index (χ3n) is 4.34. The van der Waals surface area contributed by atoms with Gasteiger partial charge in [-0.3, -0.25) is 4.79 Å². The summed E-state index contributed by atoms with van der Waals surface area (Å²) in [6.45, 7) is 5.98. The lowest BCUT2D eigenvalue weighted by Crippen LogP contribution is -2.10. The molecule has 3 heteroatoms. The van der Waals surface area contributed by atoms with Crippen LogP contribution in [0, 0.1) is 0 Å². The summed E-state index contributed by atoms with van der Waals surface area (Å²) >= 11 is 0. The highest BCUT2D eigenvalue weighted by Gasteiger charge is 1.99. The van der Waals surface area contributed by atoms with E-state index in [-0.39, 0.29) is 5.97 Å². The van der Waals surface area contributed by atoms with Gasteiger partial charge in [-0.25, -0.2) is 0 Å². The van der Waals surface area contributed by atoms with Crippen molar-refractivity contribution in [3.05, 3.63) is 0 Å². The van der Waals surface area contributed by atoms with Crippen LogP contribution in [0.5, 0.6) is 0 Å².